The van der Waals surface area contributed by atoms with E-state index in [0.29, 0.717) is 29.4 Å². The maximum absolute atomic E-state index is 12.9. The third-order valence-electron chi connectivity index (χ3n) is 3.83. The van der Waals surface area contributed by atoms with Crippen LogP contribution >= 0.6 is 0 Å². The third-order valence-corrected chi connectivity index (χ3v) is 3.83. The fourth-order valence-corrected chi connectivity index (χ4v) is 2.55. The smallest absolute Gasteiger partial charge is 0.341 e. The molecule has 0 heterocycles. The van der Waals surface area contributed by atoms with E-state index in [-0.39, 0.29) is 12.0 Å². The van der Waals surface area contributed by atoms with Gasteiger partial charge in [0, 0.05) is 19.7 Å². The fraction of sp³-hybridized carbons (Fsp3) is 0.333. The van der Waals surface area contributed by atoms with E-state index >= 15 is 0 Å². The summed E-state index contributed by atoms with van der Waals surface area (Å²) in [6, 6.07) is 12.1. The quantitative estimate of drug-likeness (QED) is 0.711. The zero-order chi connectivity index (χ0) is 20.7. The summed E-state index contributed by atoms with van der Waals surface area (Å²) in [5.74, 6) is 0.344. The number of hydrogen-bond donors (Lipinski definition) is 1. The second-order valence-corrected chi connectivity index (χ2v) is 6.52. The van der Waals surface area contributed by atoms with E-state index < -0.39 is 12.6 Å². The normalized spacial score (nSPS) is 10.5. The molecule has 0 aliphatic heterocycles. The van der Waals surface area contributed by atoms with Gasteiger partial charge in [0.15, 0.2) is 6.61 Å². The zero-order valence-corrected chi connectivity index (χ0v) is 16.5. The lowest BCUT2D eigenvalue weighted by Crippen LogP contribution is -2.27. The number of hydrogen-bond acceptors (Lipinski definition) is 5. The number of carboxylic acids is 1. The van der Waals surface area contributed by atoms with Crippen molar-refractivity contribution in [2.45, 2.75) is 26.5 Å². The van der Waals surface area contributed by atoms with Gasteiger partial charge in [0.25, 0.3) is 5.91 Å². The Labute approximate surface area is 164 Å². The van der Waals surface area contributed by atoms with Crippen molar-refractivity contribution in [1.82, 2.24) is 4.90 Å². The summed E-state index contributed by atoms with van der Waals surface area (Å²) >= 11 is 0. The SMILES string of the molecule is COc1ccc(C(=O)N(C)Cc2ccc(OCC(=O)O)cc2)c(OC(C)C)c1. The van der Waals surface area contributed by atoms with Gasteiger partial charge < -0.3 is 24.2 Å². The van der Waals surface area contributed by atoms with Gasteiger partial charge in [-0.05, 0) is 43.7 Å². The molecule has 0 aromatic heterocycles. The average molecular weight is 387 g/mol. The van der Waals surface area contributed by atoms with Gasteiger partial charge in [-0.25, -0.2) is 4.79 Å². The van der Waals surface area contributed by atoms with E-state index in [1.54, 1.807) is 61.5 Å². The summed E-state index contributed by atoms with van der Waals surface area (Å²) in [6.07, 6.45) is -0.0812. The Kier molecular flexibility index (Phi) is 7.26. The minimum absolute atomic E-state index is 0.0812. The number of nitrogens with zero attached hydrogens (tertiary/aromatic N) is 1. The Morgan fingerprint density at radius 1 is 1.07 bits per heavy atom. The highest BCUT2D eigenvalue weighted by atomic mass is 16.5. The van der Waals surface area contributed by atoms with Gasteiger partial charge in [-0.15, -0.1) is 0 Å². The van der Waals surface area contributed by atoms with Crippen LogP contribution in [0.5, 0.6) is 17.2 Å². The number of methoxy groups -OCH3 is 1. The molecule has 1 N–H and O–H groups in total. The molecule has 2 aromatic carbocycles. The summed E-state index contributed by atoms with van der Waals surface area (Å²) in [4.78, 5) is 25.0. The van der Waals surface area contributed by atoms with E-state index in [0.717, 1.165) is 5.56 Å². The zero-order valence-electron chi connectivity index (χ0n) is 16.5. The standard InChI is InChI=1S/C21H25NO6/c1-14(2)28-19-11-17(26-4)9-10-18(19)21(25)22(3)12-15-5-7-16(8-6-15)27-13-20(23)24/h5-11,14H,12-13H2,1-4H3,(H,23,24). The molecule has 0 saturated heterocycles. The van der Waals surface area contributed by atoms with Crippen LogP contribution in [-0.4, -0.2) is 48.8 Å². The molecule has 7 heteroatoms. The van der Waals surface area contributed by atoms with E-state index in [1.807, 2.05) is 13.8 Å². The van der Waals surface area contributed by atoms with Crippen LogP contribution in [0.3, 0.4) is 0 Å². The largest absolute Gasteiger partial charge is 0.497 e. The lowest BCUT2D eigenvalue weighted by molar-refractivity contribution is -0.139. The molecule has 0 unspecified atom stereocenters. The molecule has 28 heavy (non-hydrogen) atoms. The molecular weight excluding hydrogens is 362 g/mol. The fourth-order valence-electron chi connectivity index (χ4n) is 2.55. The molecule has 2 rings (SSSR count). The van der Waals surface area contributed by atoms with Crippen molar-refractivity contribution in [3.63, 3.8) is 0 Å². The second-order valence-electron chi connectivity index (χ2n) is 6.52. The summed E-state index contributed by atoms with van der Waals surface area (Å²) in [5.41, 5.74) is 1.34. The Morgan fingerprint density at radius 3 is 2.29 bits per heavy atom. The summed E-state index contributed by atoms with van der Waals surface area (Å²) in [6.45, 7) is 3.77. The summed E-state index contributed by atoms with van der Waals surface area (Å²) in [5, 5.41) is 8.64. The highest BCUT2D eigenvalue weighted by molar-refractivity contribution is 5.97. The molecule has 0 aliphatic rings. The number of carbonyl (C=O) groups is 2. The van der Waals surface area contributed by atoms with Gasteiger partial charge in [0.2, 0.25) is 0 Å². The molecule has 150 valence electrons. The van der Waals surface area contributed by atoms with E-state index in [4.69, 9.17) is 19.3 Å². The number of rotatable bonds is 9. The van der Waals surface area contributed by atoms with Gasteiger partial charge in [0.05, 0.1) is 18.8 Å². The first-order valence-electron chi connectivity index (χ1n) is 8.84. The number of aliphatic carboxylic acids is 1. The average Bonchev–Trinajstić information content (AvgIpc) is 2.66. The Hall–Kier alpha value is -3.22. The van der Waals surface area contributed by atoms with Gasteiger partial charge >= 0.3 is 5.97 Å². The number of benzene rings is 2. The van der Waals surface area contributed by atoms with Crippen molar-refractivity contribution in [3.05, 3.63) is 53.6 Å². The number of amides is 1. The van der Waals surface area contributed by atoms with Crippen LogP contribution in [0.25, 0.3) is 0 Å². The Bertz CT molecular complexity index is 816. The molecule has 7 nitrogen and oxygen atoms in total. The monoisotopic (exact) mass is 387 g/mol. The van der Waals surface area contributed by atoms with E-state index in [1.165, 1.54) is 0 Å². The predicted molar refractivity (Wildman–Crippen MR) is 104 cm³/mol. The molecule has 0 spiro atoms. The van der Waals surface area contributed by atoms with Crippen molar-refractivity contribution >= 4 is 11.9 Å². The van der Waals surface area contributed by atoms with Crippen LogP contribution in [0.15, 0.2) is 42.5 Å². The highest BCUT2D eigenvalue weighted by Gasteiger charge is 2.19. The first-order chi connectivity index (χ1) is 13.3. The van der Waals surface area contributed by atoms with Crippen LogP contribution in [0.4, 0.5) is 0 Å². The topological polar surface area (TPSA) is 85.3 Å². The molecular formula is C21H25NO6. The molecule has 2 aromatic rings. The van der Waals surface area contributed by atoms with Crippen molar-refractivity contribution in [3.8, 4) is 17.2 Å². The number of carbonyl (C=O) groups excluding carboxylic acids is 1. The van der Waals surface area contributed by atoms with Gasteiger partial charge in [0.1, 0.15) is 17.2 Å². The summed E-state index contributed by atoms with van der Waals surface area (Å²) in [7, 11) is 3.27. The van der Waals surface area contributed by atoms with Gasteiger partial charge in [-0.2, -0.15) is 0 Å². The molecule has 0 atom stereocenters. The van der Waals surface area contributed by atoms with E-state index in [2.05, 4.69) is 0 Å². The van der Waals surface area contributed by atoms with Crippen LogP contribution in [0, 0.1) is 0 Å². The minimum atomic E-state index is -1.03. The van der Waals surface area contributed by atoms with Crippen LogP contribution in [0.1, 0.15) is 29.8 Å². The Balaban J connectivity index is 2.10. The maximum Gasteiger partial charge on any atom is 0.341 e. The molecule has 0 aliphatic carbocycles. The van der Waals surface area contributed by atoms with Crippen molar-refractivity contribution in [2.75, 3.05) is 20.8 Å². The lowest BCUT2D eigenvalue weighted by Gasteiger charge is -2.21. The highest BCUT2D eigenvalue weighted by Crippen LogP contribution is 2.27. The second kappa shape index (κ2) is 9.64. The van der Waals surface area contributed by atoms with Crippen LogP contribution < -0.4 is 14.2 Å². The van der Waals surface area contributed by atoms with E-state index in [9.17, 15) is 9.59 Å². The van der Waals surface area contributed by atoms with Crippen LogP contribution in [0.2, 0.25) is 0 Å². The number of ether oxygens (including phenoxy) is 3. The van der Waals surface area contributed by atoms with Crippen molar-refractivity contribution < 1.29 is 28.9 Å². The molecule has 1 amide bonds. The van der Waals surface area contributed by atoms with Crippen LogP contribution in [-0.2, 0) is 11.3 Å². The third kappa shape index (κ3) is 5.90. The van der Waals surface area contributed by atoms with Gasteiger partial charge in [-0.3, -0.25) is 4.79 Å². The maximum atomic E-state index is 12.9. The number of carboxylic acid groups (broad SMARTS) is 1. The first-order valence-corrected chi connectivity index (χ1v) is 8.84. The predicted octanol–water partition coefficient (Wildman–Crippen LogP) is 3.22. The summed E-state index contributed by atoms with van der Waals surface area (Å²) < 4.78 is 16.1. The van der Waals surface area contributed by atoms with Crippen molar-refractivity contribution in [2.24, 2.45) is 0 Å². The molecule has 0 fully saturated rings. The molecule has 0 saturated carbocycles. The molecule has 0 bridgehead atoms. The first kappa shape index (κ1) is 21.1. The van der Waals surface area contributed by atoms with Gasteiger partial charge in [-0.1, -0.05) is 12.1 Å². The molecule has 0 radical (unpaired) electrons. The minimum Gasteiger partial charge on any atom is -0.497 e. The Morgan fingerprint density at radius 2 is 1.71 bits per heavy atom. The lowest BCUT2D eigenvalue weighted by atomic mass is 10.1. The van der Waals surface area contributed by atoms with Crippen molar-refractivity contribution in [1.29, 1.82) is 0 Å².